The molecule has 4 nitrogen and oxygen atoms in total. The third-order valence-corrected chi connectivity index (χ3v) is 2.60. The SMILES string of the molecule is CC[C@@H](C)NC(=O)CN1CCNCC1. The Labute approximate surface area is 86.0 Å². The van der Waals surface area contributed by atoms with Gasteiger partial charge in [0.2, 0.25) is 5.91 Å². The van der Waals surface area contributed by atoms with E-state index < -0.39 is 0 Å². The number of hydrogen-bond acceptors (Lipinski definition) is 3. The van der Waals surface area contributed by atoms with Crippen LogP contribution in [-0.4, -0.2) is 49.6 Å². The molecule has 2 N–H and O–H groups in total. The van der Waals surface area contributed by atoms with Crippen LogP contribution < -0.4 is 10.6 Å². The van der Waals surface area contributed by atoms with Crippen LogP contribution in [0, 0.1) is 0 Å². The summed E-state index contributed by atoms with van der Waals surface area (Å²) in [6.45, 7) is 8.62. The number of piperazine rings is 1. The minimum atomic E-state index is 0.154. The van der Waals surface area contributed by atoms with E-state index in [1.54, 1.807) is 0 Å². The summed E-state index contributed by atoms with van der Waals surface area (Å²) in [5.41, 5.74) is 0. The van der Waals surface area contributed by atoms with Gasteiger partial charge in [0.1, 0.15) is 0 Å². The zero-order chi connectivity index (χ0) is 10.4. The van der Waals surface area contributed by atoms with E-state index in [-0.39, 0.29) is 5.91 Å². The highest BCUT2D eigenvalue weighted by Crippen LogP contribution is 1.93. The average Bonchev–Trinajstić information content (AvgIpc) is 2.19. The highest BCUT2D eigenvalue weighted by Gasteiger charge is 2.13. The van der Waals surface area contributed by atoms with Crippen LogP contribution in [0.25, 0.3) is 0 Å². The molecule has 1 fully saturated rings. The number of carbonyl (C=O) groups excluding carboxylic acids is 1. The molecule has 0 bridgehead atoms. The zero-order valence-corrected chi connectivity index (χ0v) is 9.18. The van der Waals surface area contributed by atoms with Gasteiger partial charge in [-0.2, -0.15) is 0 Å². The lowest BCUT2D eigenvalue weighted by Gasteiger charge is -2.26. The molecule has 0 aromatic heterocycles. The summed E-state index contributed by atoms with van der Waals surface area (Å²) in [4.78, 5) is 13.7. The molecular formula is C10H21N3O. The Hall–Kier alpha value is -0.610. The van der Waals surface area contributed by atoms with Crippen LogP contribution in [0.3, 0.4) is 0 Å². The standard InChI is InChI=1S/C10H21N3O/c1-3-9(2)12-10(14)8-13-6-4-11-5-7-13/h9,11H,3-8H2,1-2H3,(H,12,14)/t9-/m1/s1. The highest BCUT2D eigenvalue weighted by atomic mass is 16.2. The fourth-order valence-electron chi connectivity index (χ4n) is 1.49. The molecule has 1 amide bonds. The van der Waals surface area contributed by atoms with Crippen LogP contribution in [0.4, 0.5) is 0 Å². The van der Waals surface area contributed by atoms with Gasteiger partial charge in [0.05, 0.1) is 6.54 Å². The van der Waals surface area contributed by atoms with Crippen molar-refractivity contribution in [2.45, 2.75) is 26.3 Å². The molecule has 1 rings (SSSR count). The van der Waals surface area contributed by atoms with E-state index in [0.29, 0.717) is 12.6 Å². The topological polar surface area (TPSA) is 44.4 Å². The van der Waals surface area contributed by atoms with E-state index >= 15 is 0 Å². The fourth-order valence-corrected chi connectivity index (χ4v) is 1.49. The van der Waals surface area contributed by atoms with Crippen LogP contribution >= 0.6 is 0 Å². The second-order valence-electron chi connectivity index (χ2n) is 3.90. The van der Waals surface area contributed by atoms with E-state index in [2.05, 4.69) is 22.5 Å². The summed E-state index contributed by atoms with van der Waals surface area (Å²) in [5.74, 6) is 0.154. The van der Waals surface area contributed by atoms with E-state index in [9.17, 15) is 4.79 Å². The largest absolute Gasteiger partial charge is 0.353 e. The van der Waals surface area contributed by atoms with Crippen molar-refractivity contribution in [2.24, 2.45) is 0 Å². The predicted octanol–water partition coefficient (Wildman–Crippen LogP) is -0.194. The molecule has 14 heavy (non-hydrogen) atoms. The van der Waals surface area contributed by atoms with Gasteiger partial charge in [0, 0.05) is 32.2 Å². The van der Waals surface area contributed by atoms with Crippen LogP contribution in [0.15, 0.2) is 0 Å². The van der Waals surface area contributed by atoms with Crippen molar-refractivity contribution < 1.29 is 4.79 Å². The first-order valence-electron chi connectivity index (χ1n) is 5.44. The van der Waals surface area contributed by atoms with Crippen LogP contribution in [0.5, 0.6) is 0 Å². The Balaban J connectivity index is 2.18. The molecule has 1 atom stereocenters. The molecule has 0 radical (unpaired) electrons. The van der Waals surface area contributed by atoms with Gasteiger partial charge in [-0.25, -0.2) is 0 Å². The number of amides is 1. The fraction of sp³-hybridized carbons (Fsp3) is 0.900. The molecular weight excluding hydrogens is 178 g/mol. The van der Waals surface area contributed by atoms with Crippen LogP contribution in [0.2, 0.25) is 0 Å². The molecule has 0 aliphatic carbocycles. The first-order valence-corrected chi connectivity index (χ1v) is 5.44. The summed E-state index contributed by atoms with van der Waals surface area (Å²) in [5, 5.41) is 6.24. The first-order chi connectivity index (χ1) is 6.72. The summed E-state index contributed by atoms with van der Waals surface area (Å²) in [6, 6.07) is 0.297. The molecule has 0 spiro atoms. The second kappa shape index (κ2) is 5.98. The van der Waals surface area contributed by atoms with Crippen molar-refractivity contribution in [3.63, 3.8) is 0 Å². The van der Waals surface area contributed by atoms with Crippen LogP contribution in [-0.2, 0) is 4.79 Å². The summed E-state index contributed by atoms with van der Waals surface area (Å²) < 4.78 is 0. The quantitative estimate of drug-likeness (QED) is 0.659. The Kier molecular flexibility index (Phi) is 4.90. The van der Waals surface area contributed by atoms with E-state index in [1.807, 2.05) is 6.92 Å². The van der Waals surface area contributed by atoms with Gasteiger partial charge in [0.25, 0.3) is 0 Å². The van der Waals surface area contributed by atoms with Gasteiger partial charge in [-0.05, 0) is 13.3 Å². The normalized spacial score (nSPS) is 20.4. The van der Waals surface area contributed by atoms with Gasteiger partial charge in [-0.3, -0.25) is 9.69 Å². The Morgan fingerprint density at radius 1 is 1.50 bits per heavy atom. The van der Waals surface area contributed by atoms with Gasteiger partial charge in [-0.1, -0.05) is 6.92 Å². The molecule has 1 aliphatic heterocycles. The van der Waals surface area contributed by atoms with Crippen molar-refractivity contribution in [1.82, 2.24) is 15.5 Å². The maximum Gasteiger partial charge on any atom is 0.234 e. The minimum Gasteiger partial charge on any atom is -0.353 e. The molecule has 0 saturated carbocycles. The molecule has 1 heterocycles. The number of hydrogen-bond donors (Lipinski definition) is 2. The second-order valence-corrected chi connectivity index (χ2v) is 3.90. The number of carbonyl (C=O) groups is 1. The van der Waals surface area contributed by atoms with E-state index in [1.165, 1.54) is 0 Å². The third-order valence-electron chi connectivity index (χ3n) is 2.60. The molecule has 1 saturated heterocycles. The van der Waals surface area contributed by atoms with Crippen molar-refractivity contribution >= 4 is 5.91 Å². The molecule has 1 aliphatic rings. The zero-order valence-electron chi connectivity index (χ0n) is 9.18. The number of nitrogens with zero attached hydrogens (tertiary/aromatic N) is 1. The van der Waals surface area contributed by atoms with Crippen molar-refractivity contribution in [3.8, 4) is 0 Å². The monoisotopic (exact) mass is 199 g/mol. The van der Waals surface area contributed by atoms with Crippen molar-refractivity contribution in [1.29, 1.82) is 0 Å². The predicted molar refractivity (Wildman–Crippen MR) is 57.2 cm³/mol. The van der Waals surface area contributed by atoms with Crippen molar-refractivity contribution in [2.75, 3.05) is 32.7 Å². The summed E-state index contributed by atoms with van der Waals surface area (Å²) in [7, 11) is 0. The van der Waals surface area contributed by atoms with Gasteiger partial charge in [-0.15, -0.1) is 0 Å². The maximum absolute atomic E-state index is 11.5. The molecule has 82 valence electrons. The van der Waals surface area contributed by atoms with Gasteiger partial charge >= 0.3 is 0 Å². The van der Waals surface area contributed by atoms with Crippen LogP contribution in [0.1, 0.15) is 20.3 Å². The Morgan fingerprint density at radius 2 is 2.14 bits per heavy atom. The maximum atomic E-state index is 11.5. The Morgan fingerprint density at radius 3 is 2.71 bits per heavy atom. The first kappa shape index (κ1) is 11.5. The number of nitrogens with one attached hydrogen (secondary N) is 2. The minimum absolute atomic E-state index is 0.154. The van der Waals surface area contributed by atoms with Crippen molar-refractivity contribution in [3.05, 3.63) is 0 Å². The van der Waals surface area contributed by atoms with Gasteiger partial charge < -0.3 is 10.6 Å². The lowest BCUT2D eigenvalue weighted by Crippen LogP contribution is -2.48. The van der Waals surface area contributed by atoms with E-state index in [4.69, 9.17) is 0 Å². The molecule has 4 heteroatoms. The smallest absolute Gasteiger partial charge is 0.234 e. The average molecular weight is 199 g/mol. The number of rotatable bonds is 4. The molecule has 0 unspecified atom stereocenters. The molecule has 0 aromatic rings. The van der Waals surface area contributed by atoms with Gasteiger partial charge in [0.15, 0.2) is 0 Å². The highest BCUT2D eigenvalue weighted by molar-refractivity contribution is 5.78. The third kappa shape index (κ3) is 4.07. The van der Waals surface area contributed by atoms with E-state index in [0.717, 1.165) is 32.6 Å². The molecule has 0 aromatic carbocycles. The summed E-state index contributed by atoms with van der Waals surface area (Å²) >= 11 is 0. The Bertz CT molecular complexity index is 178. The lowest BCUT2D eigenvalue weighted by atomic mass is 10.2. The summed E-state index contributed by atoms with van der Waals surface area (Å²) in [6.07, 6.45) is 0.993. The lowest BCUT2D eigenvalue weighted by molar-refractivity contribution is -0.123.